The monoisotopic (exact) mass is 266 g/mol. The molecule has 0 aliphatic heterocycles. The number of ketones is 1. The molecular weight excluding hydrogens is 239 g/mol. The van der Waals surface area contributed by atoms with Gasteiger partial charge < -0.3 is 0 Å². The predicted molar refractivity (Wildman–Crippen MR) is 80.1 cm³/mol. The second-order valence-electron chi connectivity index (χ2n) is 4.83. The van der Waals surface area contributed by atoms with E-state index in [-0.39, 0.29) is 11.6 Å². The topological polar surface area (TPSA) is 17.1 Å². The van der Waals surface area contributed by atoms with Crippen LogP contribution in [-0.4, -0.2) is 5.78 Å². The summed E-state index contributed by atoms with van der Waals surface area (Å²) in [6.07, 6.45) is 9.97. The van der Waals surface area contributed by atoms with Gasteiger partial charge in [-0.05, 0) is 31.2 Å². The molecule has 0 radical (unpaired) electrons. The number of carbonyl (C=O) groups is 1. The molecule has 108 valence electrons. The Kier molecular flexibility index (Phi) is 11.1. The molecule has 0 spiro atoms. The normalized spacial score (nSPS) is 9.68. The summed E-state index contributed by atoms with van der Waals surface area (Å²) in [6.45, 7) is 5.98. The minimum Gasteiger partial charge on any atom is -0.295 e. The van der Waals surface area contributed by atoms with Gasteiger partial charge >= 0.3 is 0 Å². The first-order valence-corrected chi connectivity index (χ1v) is 7.38. The summed E-state index contributed by atoms with van der Waals surface area (Å²) in [5, 5.41) is 0. The van der Waals surface area contributed by atoms with E-state index in [0.29, 0.717) is 5.56 Å². The Hall–Kier alpha value is -1.18. The molecule has 1 nitrogen and oxygen atoms in total. The first-order valence-electron chi connectivity index (χ1n) is 7.38. The number of halogens is 1. The summed E-state index contributed by atoms with van der Waals surface area (Å²) < 4.78 is 12.2. The fourth-order valence-electron chi connectivity index (χ4n) is 1.71. The van der Waals surface area contributed by atoms with Gasteiger partial charge in [-0.15, -0.1) is 0 Å². The van der Waals surface area contributed by atoms with E-state index < -0.39 is 0 Å². The Morgan fingerprint density at radius 3 is 1.68 bits per heavy atom. The lowest BCUT2D eigenvalue weighted by Crippen LogP contribution is -1.90. The summed E-state index contributed by atoms with van der Waals surface area (Å²) >= 11 is 0. The molecule has 0 unspecified atom stereocenters. The number of unbranched alkanes of at least 4 members (excludes halogenated alkanes) is 6. The van der Waals surface area contributed by atoms with Crippen LogP contribution in [0.1, 0.15) is 76.1 Å². The molecule has 1 aromatic carbocycles. The molecule has 0 saturated carbocycles. The highest BCUT2D eigenvalue weighted by Crippen LogP contribution is 2.05. The smallest absolute Gasteiger partial charge is 0.159 e. The van der Waals surface area contributed by atoms with Gasteiger partial charge in [0.05, 0.1) is 0 Å². The van der Waals surface area contributed by atoms with Crippen molar-refractivity contribution in [3.05, 3.63) is 35.6 Å². The summed E-state index contributed by atoms with van der Waals surface area (Å²) in [6, 6.07) is 5.49. The summed E-state index contributed by atoms with van der Waals surface area (Å²) in [4.78, 5) is 10.6. The highest BCUT2D eigenvalue weighted by Gasteiger charge is 1.96. The Labute approximate surface area is 117 Å². The van der Waals surface area contributed by atoms with Gasteiger partial charge in [0.15, 0.2) is 5.78 Å². The van der Waals surface area contributed by atoms with Gasteiger partial charge in [-0.1, -0.05) is 58.8 Å². The van der Waals surface area contributed by atoms with Crippen molar-refractivity contribution >= 4 is 5.78 Å². The summed E-state index contributed by atoms with van der Waals surface area (Å²) in [7, 11) is 0. The van der Waals surface area contributed by atoms with Gasteiger partial charge in [-0.2, -0.15) is 0 Å². The molecule has 0 bridgehead atoms. The van der Waals surface area contributed by atoms with Crippen LogP contribution in [0, 0.1) is 5.82 Å². The second-order valence-corrected chi connectivity index (χ2v) is 4.83. The molecule has 1 rings (SSSR count). The quantitative estimate of drug-likeness (QED) is 0.451. The van der Waals surface area contributed by atoms with Crippen molar-refractivity contribution in [3.63, 3.8) is 0 Å². The number of rotatable bonds is 7. The molecule has 0 N–H and O–H groups in total. The molecular formula is C17H27FO. The highest BCUT2D eigenvalue weighted by atomic mass is 19.1. The van der Waals surface area contributed by atoms with Crippen LogP contribution in [0.15, 0.2) is 24.3 Å². The van der Waals surface area contributed by atoms with Crippen LogP contribution in [0.3, 0.4) is 0 Å². The first-order chi connectivity index (χ1) is 9.11. The largest absolute Gasteiger partial charge is 0.295 e. The molecule has 0 aliphatic rings. The maximum atomic E-state index is 12.2. The molecule has 0 fully saturated rings. The van der Waals surface area contributed by atoms with Crippen molar-refractivity contribution < 1.29 is 9.18 Å². The highest BCUT2D eigenvalue weighted by molar-refractivity contribution is 5.93. The molecule has 2 heteroatoms. The van der Waals surface area contributed by atoms with Gasteiger partial charge in [-0.3, -0.25) is 4.79 Å². The molecule has 0 heterocycles. The van der Waals surface area contributed by atoms with Gasteiger partial charge in [0.2, 0.25) is 0 Å². The van der Waals surface area contributed by atoms with Crippen molar-refractivity contribution in [2.45, 2.75) is 65.7 Å². The SMILES string of the molecule is CC(=O)c1ccc(F)cc1.CCCCCCCCC. The van der Waals surface area contributed by atoms with Crippen molar-refractivity contribution in [2.75, 3.05) is 0 Å². The number of benzene rings is 1. The van der Waals surface area contributed by atoms with Gasteiger partial charge in [0.25, 0.3) is 0 Å². The van der Waals surface area contributed by atoms with Crippen LogP contribution in [0.25, 0.3) is 0 Å². The molecule has 1 aromatic rings. The zero-order valence-corrected chi connectivity index (χ0v) is 12.5. The number of carbonyl (C=O) groups excluding carboxylic acids is 1. The van der Waals surface area contributed by atoms with Gasteiger partial charge in [0, 0.05) is 5.56 Å². The average Bonchev–Trinajstić information content (AvgIpc) is 2.40. The van der Waals surface area contributed by atoms with Crippen LogP contribution < -0.4 is 0 Å². The van der Waals surface area contributed by atoms with Crippen molar-refractivity contribution in [2.24, 2.45) is 0 Å². The van der Waals surface area contributed by atoms with Crippen LogP contribution in [-0.2, 0) is 0 Å². The molecule has 0 aliphatic carbocycles. The Bertz CT molecular complexity index is 324. The van der Waals surface area contributed by atoms with Crippen molar-refractivity contribution in [1.82, 2.24) is 0 Å². The maximum absolute atomic E-state index is 12.2. The molecule has 19 heavy (non-hydrogen) atoms. The number of Topliss-reactive ketones (excluding diaryl/α,β-unsaturated/α-hetero) is 1. The maximum Gasteiger partial charge on any atom is 0.159 e. The molecule has 0 amide bonds. The zero-order valence-electron chi connectivity index (χ0n) is 12.5. The van der Waals surface area contributed by atoms with E-state index in [4.69, 9.17) is 0 Å². The van der Waals surface area contributed by atoms with E-state index >= 15 is 0 Å². The summed E-state index contributed by atoms with van der Waals surface area (Å²) in [5.74, 6) is -0.356. The minimum absolute atomic E-state index is 0.0417. The van der Waals surface area contributed by atoms with Gasteiger partial charge in [0.1, 0.15) is 5.82 Å². The van der Waals surface area contributed by atoms with Gasteiger partial charge in [-0.25, -0.2) is 4.39 Å². The lowest BCUT2D eigenvalue weighted by Gasteiger charge is -1.96. The molecule has 0 atom stereocenters. The average molecular weight is 266 g/mol. The number of hydrogen-bond acceptors (Lipinski definition) is 1. The Morgan fingerprint density at radius 2 is 1.32 bits per heavy atom. The van der Waals surface area contributed by atoms with Crippen molar-refractivity contribution in [1.29, 1.82) is 0 Å². The van der Waals surface area contributed by atoms with E-state index in [0.717, 1.165) is 0 Å². The third-order valence-electron chi connectivity index (χ3n) is 2.96. The van der Waals surface area contributed by atoms with E-state index in [1.807, 2.05) is 0 Å². The van der Waals surface area contributed by atoms with Crippen molar-refractivity contribution in [3.8, 4) is 0 Å². The van der Waals surface area contributed by atoms with E-state index in [1.165, 1.54) is 76.1 Å². The number of hydrogen-bond donors (Lipinski definition) is 0. The predicted octanol–water partition coefficient (Wildman–Crippen LogP) is 5.79. The lowest BCUT2D eigenvalue weighted by atomic mass is 10.1. The molecule has 0 aromatic heterocycles. The Balaban J connectivity index is 0.000000344. The van der Waals surface area contributed by atoms with Crippen LogP contribution in [0.4, 0.5) is 4.39 Å². The molecule has 0 saturated heterocycles. The summed E-state index contributed by atoms with van der Waals surface area (Å²) in [5.41, 5.74) is 0.543. The van der Waals surface area contributed by atoms with Crippen LogP contribution in [0.2, 0.25) is 0 Å². The third kappa shape index (κ3) is 10.4. The van der Waals surface area contributed by atoms with Crippen LogP contribution >= 0.6 is 0 Å². The third-order valence-corrected chi connectivity index (χ3v) is 2.96. The lowest BCUT2D eigenvalue weighted by molar-refractivity contribution is 0.101. The van der Waals surface area contributed by atoms with E-state index in [1.54, 1.807) is 0 Å². The fourth-order valence-corrected chi connectivity index (χ4v) is 1.71. The van der Waals surface area contributed by atoms with E-state index in [2.05, 4.69) is 13.8 Å². The van der Waals surface area contributed by atoms with Crippen LogP contribution in [0.5, 0.6) is 0 Å². The minimum atomic E-state index is -0.315. The standard InChI is InChI=1S/C9H20.C8H7FO/c1-3-5-7-9-8-6-4-2;1-6(10)7-2-4-8(9)5-3-7/h3-9H2,1-2H3;2-5H,1H3. The Morgan fingerprint density at radius 1 is 0.895 bits per heavy atom. The van der Waals surface area contributed by atoms with E-state index in [9.17, 15) is 9.18 Å². The zero-order chi connectivity index (χ0) is 14.5. The first kappa shape index (κ1) is 17.8. The fraction of sp³-hybridized carbons (Fsp3) is 0.588. The second kappa shape index (κ2) is 11.9.